The molecule has 0 saturated carbocycles. The number of nitrogens with two attached hydrogens (primary N) is 1. The second-order valence-corrected chi connectivity index (χ2v) is 12.2. The van der Waals surface area contributed by atoms with E-state index in [1.807, 2.05) is 34.7 Å². The van der Waals surface area contributed by atoms with Crippen LogP contribution in [0.1, 0.15) is 87.5 Å². The molecular weight excluding hydrogens is 508 g/mol. The van der Waals surface area contributed by atoms with E-state index in [-0.39, 0.29) is 35.5 Å². The van der Waals surface area contributed by atoms with E-state index in [0.717, 1.165) is 24.3 Å². The minimum atomic E-state index is -0.801. The smallest absolute Gasteiger partial charge is 0.298 e. The van der Waals surface area contributed by atoms with Crippen LogP contribution in [0, 0.1) is 23.7 Å². The number of rotatable bonds is 12. The van der Waals surface area contributed by atoms with Crippen molar-refractivity contribution in [2.24, 2.45) is 17.7 Å². The number of hydrogen-bond donors (Lipinski definition) is 2. The highest BCUT2D eigenvalue weighted by Gasteiger charge is 2.36. The number of amides is 4. The van der Waals surface area contributed by atoms with Crippen LogP contribution >= 0.6 is 0 Å². The summed E-state index contributed by atoms with van der Waals surface area (Å²) in [6.07, 6.45) is 3.80. The number of hydrazine groups is 1. The summed E-state index contributed by atoms with van der Waals surface area (Å²) < 4.78 is 0. The lowest BCUT2D eigenvalue weighted by Crippen LogP contribution is -2.57. The predicted molar refractivity (Wildman–Crippen MR) is 158 cm³/mol. The van der Waals surface area contributed by atoms with Gasteiger partial charge in [-0.05, 0) is 72.8 Å². The van der Waals surface area contributed by atoms with E-state index in [4.69, 9.17) is 5.84 Å². The number of nitrogens with one attached hydrogen (secondary N) is 1. The molecule has 10 nitrogen and oxygen atoms in total. The van der Waals surface area contributed by atoms with Crippen molar-refractivity contribution >= 4 is 23.6 Å². The second-order valence-electron chi connectivity index (χ2n) is 12.2. The van der Waals surface area contributed by atoms with Crippen molar-refractivity contribution in [1.29, 1.82) is 0 Å². The van der Waals surface area contributed by atoms with Gasteiger partial charge in [0, 0.05) is 38.6 Å². The third kappa shape index (κ3) is 10.1. The van der Waals surface area contributed by atoms with Gasteiger partial charge in [-0.1, -0.05) is 39.5 Å². The van der Waals surface area contributed by atoms with Crippen LogP contribution in [0.3, 0.4) is 0 Å². The zero-order valence-corrected chi connectivity index (χ0v) is 26.5. The highest BCUT2D eigenvalue weighted by molar-refractivity contribution is 5.94. The Morgan fingerprint density at radius 2 is 1.60 bits per heavy atom. The zero-order valence-electron chi connectivity index (χ0n) is 26.5. The van der Waals surface area contributed by atoms with Crippen LogP contribution in [0.15, 0.2) is 0 Å². The van der Waals surface area contributed by atoms with Gasteiger partial charge in [-0.3, -0.25) is 29.1 Å². The topological polar surface area (TPSA) is 119 Å². The fourth-order valence-electron chi connectivity index (χ4n) is 4.95. The average Bonchev–Trinajstić information content (AvgIpc) is 2.90. The van der Waals surface area contributed by atoms with Crippen molar-refractivity contribution in [2.75, 3.05) is 33.7 Å². The molecule has 0 aromatic carbocycles. The lowest BCUT2D eigenvalue weighted by atomic mass is 9.93. The van der Waals surface area contributed by atoms with Crippen LogP contribution in [0.25, 0.3) is 0 Å². The molecule has 0 aromatic heterocycles. The van der Waals surface area contributed by atoms with E-state index < -0.39 is 17.6 Å². The van der Waals surface area contributed by atoms with Crippen LogP contribution in [-0.4, -0.2) is 101 Å². The molecular formula is C30H54N6O4. The Morgan fingerprint density at radius 3 is 2.10 bits per heavy atom. The molecule has 1 rings (SSSR count). The second kappa shape index (κ2) is 16.0. The number of carbonyl (C=O) groups is 4. The first kappa shape index (κ1) is 35.4. The molecule has 1 aliphatic rings. The molecule has 1 aliphatic heterocycles. The van der Waals surface area contributed by atoms with Crippen LogP contribution < -0.4 is 11.2 Å². The Bertz CT molecular complexity index is 930. The summed E-state index contributed by atoms with van der Waals surface area (Å²) in [7, 11) is 3.62. The highest BCUT2D eigenvalue weighted by Crippen LogP contribution is 2.22. The van der Waals surface area contributed by atoms with Crippen molar-refractivity contribution in [3.63, 3.8) is 0 Å². The summed E-state index contributed by atoms with van der Waals surface area (Å²) in [5.41, 5.74) is -0.438. The van der Waals surface area contributed by atoms with Crippen molar-refractivity contribution < 1.29 is 19.2 Å². The predicted octanol–water partition coefficient (Wildman–Crippen LogP) is 2.23. The van der Waals surface area contributed by atoms with Gasteiger partial charge in [0.25, 0.3) is 11.8 Å². The molecule has 40 heavy (non-hydrogen) atoms. The van der Waals surface area contributed by atoms with Crippen molar-refractivity contribution in [3.05, 3.63) is 0 Å². The molecule has 10 heteroatoms. The number of likely N-dealkylation sites (N-methyl/N-ethyl adjacent to an activating group) is 1. The van der Waals surface area contributed by atoms with Gasteiger partial charge in [-0.2, -0.15) is 0 Å². The van der Waals surface area contributed by atoms with E-state index >= 15 is 0 Å². The van der Waals surface area contributed by atoms with Crippen molar-refractivity contribution in [1.82, 2.24) is 25.0 Å². The standard InChI is InChI=1S/C30H54N6O4/c1-11-12-13-18-36(31)28(39)23(6)32-27(38)26(21(2)3)33(9)29(40)24-15-19-35(20-16-24)25(37)14-17-30(7,8)34(10)22(4)5/h21-24,26H,11-13,15-16,18-20,31H2,1-10H3,(H,32,38)/t23-,26?/m1/s1. The van der Waals surface area contributed by atoms with E-state index in [0.29, 0.717) is 38.5 Å². The fourth-order valence-corrected chi connectivity index (χ4v) is 4.95. The molecule has 1 heterocycles. The van der Waals surface area contributed by atoms with E-state index in [9.17, 15) is 19.2 Å². The third-order valence-electron chi connectivity index (χ3n) is 7.94. The Balaban J connectivity index is 2.77. The van der Waals surface area contributed by atoms with Gasteiger partial charge in [0.15, 0.2) is 0 Å². The lowest BCUT2D eigenvalue weighted by Gasteiger charge is -2.36. The number of piperidine rings is 1. The van der Waals surface area contributed by atoms with Gasteiger partial charge in [0.2, 0.25) is 11.8 Å². The number of unbranched alkanes of at least 4 members (excludes halogenated alkanes) is 2. The van der Waals surface area contributed by atoms with Crippen LogP contribution in [0.2, 0.25) is 0 Å². The SMILES string of the molecule is CCCCCN(N)C(=O)[C@@H](C)NC(=O)C(C(C)C)N(C)C(=O)C1CCN(C(=O)C#CC(C)(C)N(C)C(C)C)CC1. The van der Waals surface area contributed by atoms with Gasteiger partial charge in [-0.25, -0.2) is 5.84 Å². The summed E-state index contributed by atoms with van der Waals surface area (Å²) in [6, 6.07) is -1.24. The Labute approximate surface area is 242 Å². The van der Waals surface area contributed by atoms with Crippen LogP contribution in [-0.2, 0) is 19.2 Å². The number of likely N-dealkylation sites (tertiary alicyclic amines) is 1. The van der Waals surface area contributed by atoms with E-state index in [2.05, 4.69) is 42.8 Å². The van der Waals surface area contributed by atoms with Crippen LogP contribution in [0.5, 0.6) is 0 Å². The molecule has 4 amide bonds. The normalized spacial score (nSPS) is 15.9. The minimum Gasteiger partial charge on any atom is -0.343 e. The molecule has 1 unspecified atom stereocenters. The molecule has 228 valence electrons. The monoisotopic (exact) mass is 562 g/mol. The first-order chi connectivity index (χ1) is 18.5. The van der Waals surface area contributed by atoms with Gasteiger partial charge in [0.05, 0.1) is 5.54 Å². The van der Waals surface area contributed by atoms with Gasteiger partial charge in [-0.15, -0.1) is 0 Å². The maximum atomic E-state index is 13.4. The van der Waals surface area contributed by atoms with Gasteiger partial charge >= 0.3 is 0 Å². The molecule has 0 spiro atoms. The maximum Gasteiger partial charge on any atom is 0.298 e. The molecule has 0 aromatic rings. The Morgan fingerprint density at radius 1 is 1.02 bits per heavy atom. The molecule has 2 atom stereocenters. The van der Waals surface area contributed by atoms with Gasteiger partial charge < -0.3 is 15.1 Å². The molecule has 0 bridgehead atoms. The quantitative estimate of drug-likeness (QED) is 0.124. The highest BCUT2D eigenvalue weighted by atomic mass is 16.2. The summed E-state index contributed by atoms with van der Waals surface area (Å²) in [6.45, 7) is 16.9. The zero-order chi connectivity index (χ0) is 30.8. The fraction of sp³-hybridized carbons (Fsp3) is 0.800. The molecule has 0 aliphatic carbocycles. The first-order valence-electron chi connectivity index (χ1n) is 14.7. The average molecular weight is 563 g/mol. The van der Waals surface area contributed by atoms with Crippen molar-refractivity contribution in [3.8, 4) is 11.8 Å². The van der Waals surface area contributed by atoms with Gasteiger partial charge in [0.1, 0.15) is 12.1 Å². The maximum absolute atomic E-state index is 13.4. The van der Waals surface area contributed by atoms with Crippen molar-refractivity contribution in [2.45, 2.75) is 111 Å². The third-order valence-corrected chi connectivity index (χ3v) is 7.94. The summed E-state index contributed by atoms with van der Waals surface area (Å²) in [5.74, 6) is 10.2. The molecule has 3 N–H and O–H groups in total. The lowest BCUT2D eigenvalue weighted by molar-refractivity contribution is -0.146. The summed E-state index contributed by atoms with van der Waals surface area (Å²) in [4.78, 5) is 57.3. The first-order valence-corrected chi connectivity index (χ1v) is 14.7. The van der Waals surface area contributed by atoms with E-state index in [1.54, 1.807) is 18.9 Å². The minimum absolute atomic E-state index is 0.134. The number of hydrogen-bond acceptors (Lipinski definition) is 6. The van der Waals surface area contributed by atoms with Crippen LogP contribution in [0.4, 0.5) is 0 Å². The van der Waals surface area contributed by atoms with E-state index in [1.165, 1.54) is 4.90 Å². The number of carbonyl (C=O) groups excluding carboxylic acids is 4. The molecule has 1 fully saturated rings. The Hall–Kier alpha value is -2.64. The largest absolute Gasteiger partial charge is 0.343 e. The molecule has 0 radical (unpaired) electrons. The molecule has 1 saturated heterocycles. The summed E-state index contributed by atoms with van der Waals surface area (Å²) in [5, 5.41) is 3.91. The number of nitrogens with zero attached hydrogens (tertiary/aromatic N) is 4. The summed E-state index contributed by atoms with van der Waals surface area (Å²) >= 11 is 0. The Kier molecular flexibility index (Phi) is 14.1.